The fourth-order valence-electron chi connectivity index (χ4n) is 2.17. The molecule has 0 aliphatic rings. The highest BCUT2D eigenvalue weighted by Gasteiger charge is 2.36. The number of aromatic nitrogens is 2. The molecule has 0 unspecified atom stereocenters. The first-order valence-electron chi connectivity index (χ1n) is 7.27. The second-order valence-corrected chi connectivity index (χ2v) is 7.87. The molecule has 1 heterocycles. The quantitative estimate of drug-likeness (QED) is 0.828. The molecule has 0 aromatic carbocycles. The van der Waals surface area contributed by atoms with Gasteiger partial charge in [-0.25, -0.2) is 8.42 Å². The van der Waals surface area contributed by atoms with Gasteiger partial charge in [0, 0.05) is 19.1 Å². The van der Waals surface area contributed by atoms with Gasteiger partial charge in [0.2, 0.25) is 10.0 Å². The minimum Gasteiger partial charge on any atom is -0.318 e. The topological polar surface area (TPSA) is 67.2 Å². The summed E-state index contributed by atoms with van der Waals surface area (Å²) in [6.45, 7) is 10.8. The molecule has 7 heteroatoms. The standard InChI is InChI=1S/C14H28N4O2S/c1-8-14(4,5)17(7)21(19,20)13-11(2)16-18(12(13)3)10-9-15-6/h15H,8-10H2,1-7H3. The second kappa shape index (κ2) is 6.46. The minimum atomic E-state index is -3.54. The van der Waals surface area contributed by atoms with Crippen molar-refractivity contribution < 1.29 is 8.42 Å². The molecule has 1 rings (SSSR count). The fraction of sp³-hybridized carbons (Fsp3) is 0.786. The van der Waals surface area contributed by atoms with Crippen LogP contribution in [0.15, 0.2) is 4.90 Å². The Morgan fingerprint density at radius 3 is 2.38 bits per heavy atom. The lowest BCUT2D eigenvalue weighted by atomic mass is 10.0. The van der Waals surface area contributed by atoms with Crippen molar-refractivity contribution in [1.82, 2.24) is 19.4 Å². The van der Waals surface area contributed by atoms with E-state index in [4.69, 9.17) is 0 Å². The first-order valence-corrected chi connectivity index (χ1v) is 8.71. The van der Waals surface area contributed by atoms with Crippen molar-refractivity contribution in [1.29, 1.82) is 0 Å². The van der Waals surface area contributed by atoms with Gasteiger partial charge in [-0.2, -0.15) is 9.40 Å². The molecule has 6 nitrogen and oxygen atoms in total. The Labute approximate surface area is 128 Å². The monoisotopic (exact) mass is 316 g/mol. The van der Waals surface area contributed by atoms with Gasteiger partial charge in [0.05, 0.1) is 17.9 Å². The summed E-state index contributed by atoms with van der Waals surface area (Å²) in [5.41, 5.74) is 0.828. The van der Waals surface area contributed by atoms with E-state index in [9.17, 15) is 8.42 Å². The van der Waals surface area contributed by atoms with Crippen molar-refractivity contribution >= 4 is 10.0 Å². The van der Waals surface area contributed by atoms with Gasteiger partial charge in [-0.05, 0) is 41.2 Å². The average Bonchev–Trinajstić information content (AvgIpc) is 2.70. The van der Waals surface area contributed by atoms with Gasteiger partial charge in [-0.3, -0.25) is 4.68 Å². The molecule has 0 bridgehead atoms. The third-order valence-electron chi connectivity index (χ3n) is 4.22. The summed E-state index contributed by atoms with van der Waals surface area (Å²) in [5.74, 6) is 0. The molecule has 1 aromatic rings. The molecule has 0 fully saturated rings. The Hall–Kier alpha value is -0.920. The summed E-state index contributed by atoms with van der Waals surface area (Å²) in [4.78, 5) is 0.336. The van der Waals surface area contributed by atoms with Crippen molar-refractivity contribution in [3.05, 3.63) is 11.4 Å². The molecule has 1 N–H and O–H groups in total. The van der Waals surface area contributed by atoms with E-state index >= 15 is 0 Å². The van der Waals surface area contributed by atoms with Crippen LogP contribution < -0.4 is 5.32 Å². The number of nitrogens with zero attached hydrogens (tertiary/aromatic N) is 3. The zero-order valence-corrected chi connectivity index (χ0v) is 15.0. The molecule has 0 spiro atoms. The maximum Gasteiger partial charge on any atom is 0.246 e. The van der Waals surface area contributed by atoms with Crippen LogP contribution in [0.2, 0.25) is 0 Å². The van der Waals surface area contributed by atoms with E-state index in [0.29, 0.717) is 22.8 Å². The molecular weight excluding hydrogens is 288 g/mol. The van der Waals surface area contributed by atoms with Crippen LogP contribution in [-0.4, -0.2) is 48.7 Å². The maximum atomic E-state index is 12.9. The predicted octanol–water partition coefficient (Wildman–Crippen LogP) is 1.53. The summed E-state index contributed by atoms with van der Waals surface area (Å²) in [6.07, 6.45) is 0.745. The molecule has 0 aliphatic carbocycles. The van der Waals surface area contributed by atoms with Crippen molar-refractivity contribution in [2.24, 2.45) is 0 Å². The van der Waals surface area contributed by atoms with Crippen LogP contribution in [0, 0.1) is 13.8 Å². The molecule has 1 aromatic heterocycles. The van der Waals surface area contributed by atoms with Gasteiger partial charge < -0.3 is 5.32 Å². The first-order chi connectivity index (χ1) is 9.59. The van der Waals surface area contributed by atoms with Gasteiger partial charge in [0.1, 0.15) is 4.90 Å². The number of sulfonamides is 1. The zero-order valence-electron chi connectivity index (χ0n) is 14.2. The number of hydrogen-bond donors (Lipinski definition) is 1. The number of aryl methyl sites for hydroxylation is 1. The van der Waals surface area contributed by atoms with Gasteiger partial charge in [-0.15, -0.1) is 0 Å². The molecule has 0 atom stereocenters. The van der Waals surface area contributed by atoms with Crippen LogP contribution in [-0.2, 0) is 16.6 Å². The van der Waals surface area contributed by atoms with Crippen molar-refractivity contribution in [2.45, 2.75) is 58.0 Å². The lowest BCUT2D eigenvalue weighted by molar-refractivity contribution is 0.257. The Morgan fingerprint density at radius 2 is 1.90 bits per heavy atom. The molecule has 0 aliphatic heterocycles. The van der Waals surface area contributed by atoms with Crippen LogP contribution in [0.3, 0.4) is 0 Å². The predicted molar refractivity (Wildman–Crippen MR) is 84.9 cm³/mol. The number of likely N-dealkylation sites (N-methyl/N-ethyl adjacent to an activating group) is 1. The van der Waals surface area contributed by atoms with Gasteiger partial charge in [0.15, 0.2) is 0 Å². The Morgan fingerprint density at radius 1 is 1.33 bits per heavy atom. The Bertz CT molecular complexity index is 590. The number of rotatable bonds is 7. The maximum absolute atomic E-state index is 12.9. The van der Waals surface area contributed by atoms with E-state index in [0.717, 1.165) is 13.0 Å². The average molecular weight is 316 g/mol. The zero-order chi connectivity index (χ0) is 16.4. The molecule has 21 heavy (non-hydrogen) atoms. The van der Waals surface area contributed by atoms with Crippen molar-refractivity contribution in [3.8, 4) is 0 Å². The largest absolute Gasteiger partial charge is 0.318 e. The number of nitrogens with one attached hydrogen (secondary N) is 1. The molecule has 0 saturated carbocycles. The first kappa shape index (κ1) is 18.1. The highest BCUT2D eigenvalue weighted by atomic mass is 32.2. The van der Waals surface area contributed by atoms with E-state index in [1.807, 2.05) is 34.7 Å². The highest BCUT2D eigenvalue weighted by molar-refractivity contribution is 7.89. The van der Waals surface area contributed by atoms with E-state index in [1.165, 1.54) is 4.31 Å². The second-order valence-electron chi connectivity index (χ2n) is 5.97. The van der Waals surface area contributed by atoms with Gasteiger partial charge in [0.25, 0.3) is 0 Å². The summed E-state index contributed by atoms with van der Waals surface area (Å²) in [6, 6.07) is 0. The van der Waals surface area contributed by atoms with Crippen molar-refractivity contribution in [3.63, 3.8) is 0 Å². The smallest absolute Gasteiger partial charge is 0.246 e. The molecule has 0 saturated heterocycles. The van der Waals surface area contributed by atoms with Crippen LogP contribution in [0.4, 0.5) is 0 Å². The highest BCUT2D eigenvalue weighted by Crippen LogP contribution is 2.28. The van der Waals surface area contributed by atoms with Crippen molar-refractivity contribution in [2.75, 3.05) is 20.6 Å². The molecule has 122 valence electrons. The van der Waals surface area contributed by atoms with Gasteiger partial charge in [-0.1, -0.05) is 6.92 Å². The van der Waals surface area contributed by atoms with Crippen LogP contribution in [0.25, 0.3) is 0 Å². The third kappa shape index (κ3) is 3.46. The Kier molecular flexibility index (Phi) is 5.57. The number of hydrogen-bond acceptors (Lipinski definition) is 4. The minimum absolute atomic E-state index is 0.336. The van der Waals surface area contributed by atoms with Gasteiger partial charge >= 0.3 is 0 Å². The molecular formula is C14H28N4O2S. The molecule has 0 radical (unpaired) electrons. The van der Waals surface area contributed by atoms with E-state index in [-0.39, 0.29) is 0 Å². The van der Waals surface area contributed by atoms with E-state index < -0.39 is 15.6 Å². The third-order valence-corrected chi connectivity index (χ3v) is 6.55. The van der Waals surface area contributed by atoms with E-state index in [2.05, 4.69) is 10.4 Å². The SMILES string of the molecule is CCC(C)(C)N(C)S(=O)(=O)c1c(C)nn(CCNC)c1C. The summed E-state index contributed by atoms with van der Waals surface area (Å²) in [7, 11) is -0.0412. The fourth-order valence-corrected chi connectivity index (χ4v) is 4.12. The van der Waals surface area contributed by atoms with Crippen LogP contribution in [0.5, 0.6) is 0 Å². The van der Waals surface area contributed by atoms with Crippen LogP contribution >= 0.6 is 0 Å². The summed E-state index contributed by atoms with van der Waals surface area (Å²) < 4.78 is 29.1. The lowest BCUT2D eigenvalue weighted by Crippen LogP contribution is -2.44. The Balaban J connectivity index is 3.30. The summed E-state index contributed by atoms with van der Waals surface area (Å²) in [5, 5.41) is 7.42. The normalized spacial score (nSPS) is 13.1. The summed E-state index contributed by atoms with van der Waals surface area (Å²) >= 11 is 0. The molecule has 0 amide bonds. The van der Waals surface area contributed by atoms with Crippen LogP contribution in [0.1, 0.15) is 38.6 Å². The lowest BCUT2D eigenvalue weighted by Gasteiger charge is -2.33. The van der Waals surface area contributed by atoms with E-state index in [1.54, 1.807) is 18.7 Å².